The largest absolute Gasteiger partial charge is 0.372 e. The standard InChI is InChI=1S/C11H14O/c1-3-9-4-8(2)11-7-12-6-10(11)5-9/h4-5H,3,6-7H2,1-2H3. The van der Waals surface area contributed by atoms with Crippen molar-refractivity contribution in [2.24, 2.45) is 0 Å². The second kappa shape index (κ2) is 2.91. The van der Waals surface area contributed by atoms with Crippen molar-refractivity contribution < 1.29 is 4.74 Å². The molecule has 1 aromatic carbocycles. The fourth-order valence-electron chi connectivity index (χ4n) is 1.77. The molecule has 0 atom stereocenters. The lowest BCUT2D eigenvalue weighted by molar-refractivity contribution is 0.134. The lowest BCUT2D eigenvalue weighted by Gasteiger charge is -2.04. The number of hydrogen-bond acceptors (Lipinski definition) is 1. The zero-order valence-corrected chi connectivity index (χ0v) is 7.68. The molecular formula is C11H14O. The summed E-state index contributed by atoms with van der Waals surface area (Å²) in [5, 5.41) is 0. The molecule has 0 amide bonds. The highest BCUT2D eigenvalue weighted by Gasteiger charge is 2.13. The fourth-order valence-corrected chi connectivity index (χ4v) is 1.77. The highest BCUT2D eigenvalue weighted by Crippen LogP contribution is 2.24. The normalized spacial score (nSPS) is 14.8. The molecule has 0 saturated carbocycles. The number of benzene rings is 1. The van der Waals surface area contributed by atoms with Crippen molar-refractivity contribution in [3.63, 3.8) is 0 Å². The Kier molecular flexibility index (Phi) is 1.89. The molecule has 0 bridgehead atoms. The van der Waals surface area contributed by atoms with Crippen molar-refractivity contribution in [3.05, 3.63) is 34.4 Å². The second-order valence-corrected chi connectivity index (χ2v) is 3.40. The first-order chi connectivity index (χ1) is 5.81. The van der Waals surface area contributed by atoms with E-state index in [1.165, 1.54) is 22.3 Å². The lowest BCUT2D eigenvalue weighted by atomic mass is 10.00. The molecule has 64 valence electrons. The maximum Gasteiger partial charge on any atom is 0.0727 e. The summed E-state index contributed by atoms with van der Waals surface area (Å²) < 4.78 is 5.40. The number of rotatable bonds is 1. The summed E-state index contributed by atoms with van der Waals surface area (Å²) >= 11 is 0. The van der Waals surface area contributed by atoms with Gasteiger partial charge in [0, 0.05) is 0 Å². The molecule has 0 unspecified atom stereocenters. The van der Waals surface area contributed by atoms with Gasteiger partial charge in [-0.1, -0.05) is 19.1 Å². The van der Waals surface area contributed by atoms with Crippen LogP contribution in [0.25, 0.3) is 0 Å². The fraction of sp³-hybridized carbons (Fsp3) is 0.455. The Morgan fingerprint density at radius 1 is 1.33 bits per heavy atom. The van der Waals surface area contributed by atoms with Gasteiger partial charge in [-0.2, -0.15) is 0 Å². The van der Waals surface area contributed by atoms with Gasteiger partial charge < -0.3 is 4.74 Å². The number of ether oxygens (including phenoxy) is 1. The predicted octanol–water partition coefficient (Wildman–Crippen LogP) is 2.59. The molecule has 0 spiro atoms. The van der Waals surface area contributed by atoms with Gasteiger partial charge in [0.1, 0.15) is 0 Å². The minimum Gasteiger partial charge on any atom is -0.372 e. The van der Waals surface area contributed by atoms with Gasteiger partial charge in [-0.25, -0.2) is 0 Å². The molecule has 1 aliphatic rings. The van der Waals surface area contributed by atoms with Crippen LogP contribution in [-0.2, 0) is 24.4 Å². The second-order valence-electron chi connectivity index (χ2n) is 3.40. The van der Waals surface area contributed by atoms with Crippen LogP contribution in [0.3, 0.4) is 0 Å². The van der Waals surface area contributed by atoms with Crippen molar-refractivity contribution in [2.75, 3.05) is 0 Å². The van der Waals surface area contributed by atoms with Crippen LogP contribution < -0.4 is 0 Å². The SMILES string of the molecule is CCc1cc(C)c2c(c1)COC2. The van der Waals surface area contributed by atoms with Crippen LogP contribution in [0.1, 0.15) is 29.2 Å². The van der Waals surface area contributed by atoms with Crippen molar-refractivity contribution in [2.45, 2.75) is 33.5 Å². The van der Waals surface area contributed by atoms with E-state index >= 15 is 0 Å². The Bertz CT molecular complexity index is 302. The molecule has 0 aromatic heterocycles. The minimum absolute atomic E-state index is 0.810. The van der Waals surface area contributed by atoms with E-state index in [1.807, 2.05) is 0 Å². The zero-order chi connectivity index (χ0) is 8.55. The Morgan fingerprint density at radius 2 is 2.17 bits per heavy atom. The quantitative estimate of drug-likeness (QED) is 0.616. The number of aryl methyl sites for hydroxylation is 2. The summed E-state index contributed by atoms with van der Waals surface area (Å²) in [5.74, 6) is 0. The predicted molar refractivity (Wildman–Crippen MR) is 49.1 cm³/mol. The lowest BCUT2D eigenvalue weighted by Crippen LogP contribution is -1.91. The monoisotopic (exact) mass is 162 g/mol. The first kappa shape index (κ1) is 7.81. The molecule has 0 radical (unpaired) electrons. The van der Waals surface area contributed by atoms with Gasteiger partial charge in [-0.15, -0.1) is 0 Å². The third kappa shape index (κ3) is 1.14. The Labute approximate surface area is 73.4 Å². The maximum atomic E-state index is 5.40. The Morgan fingerprint density at radius 3 is 2.92 bits per heavy atom. The van der Waals surface area contributed by atoms with E-state index in [2.05, 4.69) is 26.0 Å². The van der Waals surface area contributed by atoms with Crippen LogP contribution in [0.2, 0.25) is 0 Å². The summed E-state index contributed by atoms with van der Waals surface area (Å²) in [4.78, 5) is 0. The van der Waals surface area contributed by atoms with Crippen molar-refractivity contribution in [1.29, 1.82) is 0 Å². The van der Waals surface area contributed by atoms with Gasteiger partial charge in [-0.3, -0.25) is 0 Å². The molecule has 12 heavy (non-hydrogen) atoms. The molecule has 1 heteroatoms. The van der Waals surface area contributed by atoms with E-state index in [-0.39, 0.29) is 0 Å². The van der Waals surface area contributed by atoms with E-state index in [0.29, 0.717) is 0 Å². The average molecular weight is 162 g/mol. The summed E-state index contributed by atoms with van der Waals surface area (Å²) in [6, 6.07) is 4.54. The third-order valence-electron chi connectivity index (χ3n) is 2.54. The van der Waals surface area contributed by atoms with E-state index in [1.54, 1.807) is 0 Å². The van der Waals surface area contributed by atoms with Crippen LogP contribution >= 0.6 is 0 Å². The van der Waals surface area contributed by atoms with E-state index in [9.17, 15) is 0 Å². The summed E-state index contributed by atoms with van der Waals surface area (Å²) in [6.45, 7) is 5.98. The molecule has 0 saturated heterocycles. The number of fused-ring (bicyclic) bond motifs is 1. The molecule has 1 nitrogen and oxygen atoms in total. The van der Waals surface area contributed by atoms with Gasteiger partial charge in [0.15, 0.2) is 0 Å². The topological polar surface area (TPSA) is 9.23 Å². The molecule has 0 N–H and O–H groups in total. The Hall–Kier alpha value is -0.820. The molecule has 1 heterocycles. The molecular weight excluding hydrogens is 148 g/mol. The van der Waals surface area contributed by atoms with E-state index in [4.69, 9.17) is 4.74 Å². The highest BCUT2D eigenvalue weighted by molar-refractivity contribution is 5.39. The van der Waals surface area contributed by atoms with Crippen LogP contribution in [0.15, 0.2) is 12.1 Å². The van der Waals surface area contributed by atoms with Gasteiger partial charge >= 0.3 is 0 Å². The zero-order valence-electron chi connectivity index (χ0n) is 7.68. The van der Waals surface area contributed by atoms with Crippen LogP contribution in [0, 0.1) is 6.92 Å². The van der Waals surface area contributed by atoms with Crippen LogP contribution in [-0.4, -0.2) is 0 Å². The molecule has 2 rings (SSSR count). The third-order valence-corrected chi connectivity index (χ3v) is 2.54. The van der Waals surface area contributed by atoms with E-state index in [0.717, 1.165) is 19.6 Å². The van der Waals surface area contributed by atoms with Crippen molar-refractivity contribution >= 4 is 0 Å². The molecule has 1 aliphatic heterocycles. The van der Waals surface area contributed by atoms with Crippen LogP contribution in [0.4, 0.5) is 0 Å². The average Bonchev–Trinajstić information content (AvgIpc) is 2.52. The summed E-state index contributed by atoms with van der Waals surface area (Å²) in [6.07, 6.45) is 1.12. The summed E-state index contributed by atoms with van der Waals surface area (Å²) in [5.41, 5.74) is 5.62. The maximum absolute atomic E-state index is 5.40. The molecule has 1 aromatic rings. The first-order valence-electron chi connectivity index (χ1n) is 4.50. The summed E-state index contributed by atoms with van der Waals surface area (Å²) in [7, 11) is 0. The number of hydrogen-bond donors (Lipinski definition) is 0. The van der Waals surface area contributed by atoms with E-state index < -0.39 is 0 Å². The van der Waals surface area contributed by atoms with Crippen molar-refractivity contribution in [3.8, 4) is 0 Å². The van der Waals surface area contributed by atoms with Crippen LogP contribution in [0.5, 0.6) is 0 Å². The van der Waals surface area contributed by atoms with Crippen molar-refractivity contribution in [1.82, 2.24) is 0 Å². The van der Waals surface area contributed by atoms with Gasteiger partial charge in [0.25, 0.3) is 0 Å². The Balaban J connectivity index is 2.51. The highest BCUT2D eigenvalue weighted by atomic mass is 16.5. The minimum atomic E-state index is 0.810. The molecule has 0 aliphatic carbocycles. The molecule has 0 fully saturated rings. The van der Waals surface area contributed by atoms with Gasteiger partial charge in [0.2, 0.25) is 0 Å². The van der Waals surface area contributed by atoms with Gasteiger partial charge in [-0.05, 0) is 35.6 Å². The smallest absolute Gasteiger partial charge is 0.0727 e. The van der Waals surface area contributed by atoms with Gasteiger partial charge in [0.05, 0.1) is 13.2 Å². The first-order valence-corrected chi connectivity index (χ1v) is 4.50.